The standard InChI is InChI=1S/C23H31ClN4O3.HI/c1-25-23(26-15-18-7-5-6-8-19(18)24)28-11-9-27(10-12-28)16-17-13-20(29-2)22(31-4)21(14-17)30-3;/h5-8,13-14H,9-12,15-16H2,1-4H3,(H,25,26);1H. The first kappa shape index (κ1) is 26.3. The van der Waals surface area contributed by atoms with Gasteiger partial charge in [-0.3, -0.25) is 9.89 Å². The zero-order valence-electron chi connectivity index (χ0n) is 19.1. The predicted octanol–water partition coefficient (Wildman–Crippen LogP) is 3.88. The highest BCUT2D eigenvalue weighted by Gasteiger charge is 2.21. The number of guanidine groups is 1. The van der Waals surface area contributed by atoms with E-state index in [0.29, 0.717) is 23.8 Å². The Balaban J connectivity index is 0.00000363. The summed E-state index contributed by atoms with van der Waals surface area (Å²) in [6.45, 7) is 5.13. The lowest BCUT2D eigenvalue weighted by molar-refractivity contribution is 0.172. The van der Waals surface area contributed by atoms with Crippen LogP contribution in [0.4, 0.5) is 0 Å². The van der Waals surface area contributed by atoms with E-state index < -0.39 is 0 Å². The molecule has 176 valence electrons. The van der Waals surface area contributed by atoms with Gasteiger partial charge in [-0.15, -0.1) is 24.0 Å². The molecule has 0 aromatic heterocycles. The molecule has 1 heterocycles. The number of hydrogen-bond donors (Lipinski definition) is 1. The third-order valence-corrected chi connectivity index (χ3v) is 5.78. The van der Waals surface area contributed by atoms with Crippen molar-refractivity contribution in [1.29, 1.82) is 0 Å². The molecule has 9 heteroatoms. The maximum Gasteiger partial charge on any atom is 0.203 e. The summed E-state index contributed by atoms with van der Waals surface area (Å²) in [7, 11) is 6.71. The molecule has 0 spiro atoms. The lowest BCUT2D eigenvalue weighted by Gasteiger charge is -2.36. The summed E-state index contributed by atoms with van der Waals surface area (Å²) in [6, 6.07) is 11.9. The van der Waals surface area contributed by atoms with E-state index in [1.165, 1.54) is 0 Å². The molecule has 1 saturated heterocycles. The second-order valence-corrected chi connectivity index (χ2v) is 7.70. The first-order valence-electron chi connectivity index (χ1n) is 10.3. The van der Waals surface area contributed by atoms with Crippen LogP contribution in [0.1, 0.15) is 11.1 Å². The quantitative estimate of drug-likeness (QED) is 0.308. The van der Waals surface area contributed by atoms with E-state index in [1.54, 1.807) is 21.3 Å². The molecule has 0 saturated carbocycles. The average molecular weight is 575 g/mol. The van der Waals surface area contributed by atoms with E-state index >= 15 is 0 Å². The Morgan fingerprint density at radius 2 is 1.62 bits per heavy atom. The number of nitrogens with zero attached hydrogens (tertiary/aromatic N) is 3. The highest BCUT2D eigenvalue weighted by Crippen LogP contribution is 2.38. The molecular formula is C23H32ClIN4O3. The number of methoxy groups -OCH3 is 3. The molecule has 32 heavy (non-hydrogen) atoms. The number of benzene rings is 2. The van der Waals surface area contributed by atoms with Crippen LogP contribution in [0.5, 0.6) is 17.2 Å². The molecule has 3 rings (SSSR count). The van der Waals surface area contributed by atoms with Crippen LogP contribution in [0.3, 0.4) is 0 Å². The smallest absolute Gasteiger partial charge is 0.203 e. The molecule has 1 aliphatic heterocycles. The molecule has 0 aliphatic carbocycles. The number of halogens is 2. The fourth-order valence-electron chi connectivity index (χ4n) is 3.75. The van der Waals surface area contributed by atoms with Crippen molar-refractivity contribution in [2.75, 3.05) is 54.6 Å². The lowest BCUT2D eigenvalue weighted by Crippen LogP contribution is -2.52. The monoisotopic (exact) mass is 574 g/mol. The van der Waals surface area contributed by atoms with Crippen molar-refractivity contribution >= 4 is 41.5 Å². The van der Waals surface area contributed by atoms with Gasteiger partial charge in [-0.2, -0.15) is 0 Å². The van der Waals surface area contributed by atoms with Crippen LogP contribution in [0, 0.1) is 0 Å². The first-order chi connectivity index (χ1) is 15.1. The second kappa shape index (κ2) is 13.0. The molecule has 0 unspecified atom stereocenters. The molecule has 0 bridgehead atoms. The zero-order chi connectivity index (χ0) is 22.2. The van der Waals surface area contributed by atoms with E-state index in [2.05, 4.69) is 20.1 Å². The van der Waals surface area contributed by atoms with Gasteiger partial charge in [0.05, 0.1) is 21.3 Å². The largest absolute Gasteiger partial charge is 0.493 e. The summed E-state index contributed by atoms with van der Waals surface area (Å²) in [6.07, 6.45) is 0. The van der Waals surface area contributed by atoms with Gasteiger partial charge in [0.25, 0.3) is 0 Å². The summed E-state index contributed by atoms with van der Waals surface area (Å²) in [4.78, 5) is 9.15. The molecular weight excluding hydrogens is 543 g/mol. The predicted molar refractivity (Wildman–Crippen MR) is 140 cm³/mol. The van der Waals surface area contributed by atoms with Crippen LogP contribution in [0.2, 0.25) is 5.02 Å². The van der Waals surface area contributed by atoms with Crippen molar-refractivity contribution in [2.45, 2.75) is 13.1 Å². The first-order valence-corrected chi connectivity index (χ1v) is 10.7. The Labute approximate surface area is 212 Å². The van der Waals surface area contributed by atoms with Crippen LogP contribution in [-0.2, 0) is 13.1 Å². The number of piperazine rings is 1. The van der Waals surface area contributed by atoms with E-state index in [4.69, 9.17) is 25.8 Å². The SMILES string of the molecule is CN=C(NCc1ccccc1Cl)N1CCN(Cc2cc(OC)c(OC)c(OC)c2)CC1.I. The molecule has 1 aliphatic rings. The summed E-state index contributed by atoms with van der Waals surface area (Å²) in [5.41, 5.74) is 2.19. The van der Waals surface area contributed by atoms with Crippen molar-refractivity contribution in [3.8, 4) is 17.2 Å². The number of nitrogens with one attached hydrogen (secondary N) is 1. The highest BCUT2D eigenvalue weighted by molar-refractivity contribution is 14.0. The van der Waals surface area contributed by atoms with Gasteiger partial charge < -0.3 is 24.4 Å². The Bertz CT molecular complexity index is 880. The summed E-state index contributed by atoms with van der Waals surface area (Å²) >= 11 is 6.27. The van der Waals surface area contributed by atoms with Crippen molar-refractivity contribution in [3.05, 3.63) is 52.5 Å². The summed E-state index contributed by atoms with van der Waals surface area (Å²) < 4.78 is 16.4. The highest BCUT2D eigenvalue weighted by atomic mass is 127. The van der Waals surface area contributed by atoms with Crippen LogP contribution in [0.25, 0.3) is 0 Å². The molecule has 1 N–H and O–H groups in total. The second-order valence-electron chi connectivity index (χ2n) is 7.29. The average Bonchev–Trinajstić information content (AvgIpc) is 2.80. The molecule has 2 aromatic rings. The van der Waals surface area contributed by atoms with E-state index in [0.717, 1.165) is 54.8 Å². The van der Waals surface area contributed by atoms with Crippen LogP contribution in [0.15, 0.2) is 41.4 Å². The van der Waals surface area contributed by atoms with Gasteiger partial charge in [-0.1, -0.05) is 29.8 Å². The van der Waals surface area contributed by atoms with Crippen molar-refractivity contribution < 1.29 is 14.2 Å². The maximum atomic E-state index is 6.27. The van der Waals surface area contributed by atoms with Crippen molar-refractivity contribution in [2.24, 2.45) is 4.99 Å². The maximum absolute atomic E-state index is 6.27. The van der Waals surface area contributed by atoms with Gasteiger partial charge in [0.1, 0.15) is 0 Å². The number of ether oxygens (including phenoxy) is 3. The van der Waals surface area contributed by atoms with Crippen molar-refractivity contribution in [3.63, 3.8) is 0 Å². The number of aliphatic imine (C=N–C) groups is 1. The van der Waals surface area contributed by atoms with E-state index in [9.17, 15) is 0 Å². The molecule has 0 amide bonds. The molecule has 1 fully saturated rings. The van der Waals surface area contributed by atoms with Crippen LogP contribution < -0.4 is 19.5 Å². The van der Waals surface area contributed by atoms with Crippen LogP contribution >= 0.6 is 35.6 Å². The fraction of sp³-hybridized carbons (Fsp3) is 0.435. The zero-order valence-corrected chi connectivity index (χ0v) is 22.1. The number of rotatable bonds is 7. The minimum atomic E-state index is 0. The third-order valence-electron chi connectivity index (χ3n) is 5.41. The minimum absolute atomic E-state index is 0. The summed E-state index contributed by atoms with van der Waals surface area (Å²) in [5.74, 6) is 2.87. The Hall–Kier alpha value is -1.91. The Morgan fingerprint density at radius 3 is 2.16 bits per heavy atom. The molecule has 2 aromatic carbocycles. The normalized spacial score (nSPS) is 14.5. The Morgan fingerprint density at radius 1 is 1.00 bits per heavy atom. The van der Waals surface area contributed by atoms with Gasteiger partial charge in [0, 0.05) is 51.3 Å². The molecule has 7 nitrogen and oxygen atoms in total. The van der Waals surface area contributed by atoms with E-state index in [1.807, 2.05) is 43.4 Å². The minimum Gasteiger partial charge on any atom is -0.493 e. The van der Waals surface area contributed by atoms with Crippen LogP contribution in [-0.4, -0.2) is 70.3 Å². The summed E-state index contributed by atoms with van der Waals surface area (Å²) in [5, 5.41) is 4.19. The van der Waals surface area contributed by atoms with Gasteiger partial charge in [0.15, 0.2) is 17.5 Å². The third kappa shape index (κ3) is 6.55. The van der Waals surface area contributed by atoms with Gasteiger partial charge in [-0.25, -0.2) is 0 Å². The lowest BCUT2D eigenvalue weighted by atomic mass is 10.1. The van der Waals surface area contributed by atoms with Gasteiger partial charge in [0.2, 0.25) is 5.75 Å². The van der Waals surface area contributed by atoms with Crippen molar-refractivity contribution in [1.82, 2.24) is 15.1 Å². The van der Waals surface area contributed by atoms with Gasteiger partial charge >= 0.3 is 0 Å². The number of hydrogen-bond acceptors (Lipinski definition) is 5. The Kier molecular flexibility index (Phi) is 10.7. The van der Waals surface area contributed by atoms with E-state index in [-0.39, 0.29) is 24.0 Å². The molecule has 0 radical (unpaired) electrons. The fourth-order valence-corrected chi connectivity index (χ4v) is 3.95. The molecule has 0 atom stereocenters. The topological polar surface area (TPSA) is 58.6 Å². The van der Waals surface area contributed by atoms with Gasteiger partial charge in [-0.05, 0) is 29.3 Å².